The Morgan fingerprint density at radius 3 is 2.80 bits per heavy atom. The van der Waals surface area contributed by atoms with Crippen molar-refractivity contribution in [3.05, 3.63) is 42.3 Å². The average molecular weight is 289 g/mol. The van der Waals surface area contributed by atoms with Gasteiger partial charge in [0.25, 0.3) is 0 Å². The molecule has 3 aromatic rings. The van der Waals surface area contributed by atoms with E-state index in [1.54, 1.807) is 18.0 Å². The summed E-state index contributed by atoms with van der Waals surface area (Å²) in [6, 6.07) is 9.33. The van der Waals surface area contributed by atoms with Crippen molar-refractivity contribution in [2.24, 2.45) is 0 Å². The van der Waals surface area contributed by atoms with Crippen molar-refractivity contribution >= 4 is 11.8 Å². The van der Waals surface area contributed by atoms with Crippen LogP contribution in [0, 0.1) is 0 Å². The minimum absolute atomic E-state index is 0.622. The molecule has 8 heteroatoms. The first-order valence-electron chi connectivity index (χ1n) is 5.82. The summed E-state index contributed by atoms with van der Waals surface area (Å²) in [5.74, 6) is 2.19. The van der Waals surface area contributed by atoms with E-state index in [1.165, 1.54) is 11.8 Å². The van der Waals surface area contributed by atoms with Crippen molar-refractivity contribution in [1.29, 1.82) is 0 Å². The van der Waals surface area contributed by atoms with Crippen molar-refractivity contribution in [3.8, 4) is 11.4 Å². The molecule has 0 aliphatic rings. The Kier molecular flexibility index (Phi) is 3.64. The van der Waals surface area contributed by atoms with Gasteiger partial charge in [-0.15, -0.1) is 5.10 Å². The first-order valence-corrected chi connectivity index (χ1v) is 6.80. The van der Waals surface area contributed by atoms with Gasteiger partial charge in [-0.1, -0.05) is 16.9 Å². The van der Waals surface area contributed by atoms with Crippen LogP contribution in [0.15, 0.2) is 46.2 Å². The second-order valence-corrected chi connectivity index (χ2v) is 4.78. The van der Waals surface area contributed by atoms with Crippen molar-refractivity contribution in [3.63, 3.8) is 0 Å². The topological polar surface area (TPSA) is 78.9 Å². The molecule has 3 rings (SSSR count). The molecule has 0 radical (unpaired) electrons. The monoisotopic (exact) mass is 289 g/mol. The van der Waals surface area contributed by atoms with Crippen LogP contribution in [0.1, 0.15) is 5.76 Å². The van der Waals surface area contributed by atoms with Gasteiger partial charge < -0.3 is 9.26 Å². The standard InChI is InChI=1S/C12H11N5O2S/c1-18-10-4-2-9(3-5-10)17-12(14-15-16-17)20-8-11-6-7-13-19-11/h2-7H,8H2,1H3. The molecule has 1 aromatic carbocycles. The summed E-state index contributed by atoms with van der Waals surface area (Å²) in [5.41, 5.74) is 0.871. The third kappa shape index (κ3) is 2.64. The second kappa shape index (κ2) is 5.74. The van der Waals surface area contributed by atoms with Crippen molar-refractivity contribution in [2.75, 3.05) is 7.11 Å². The molecular weight excluding hydrogens is 278 g/mol. The molecule has 0 aliphatic carbocycles. The normalized spacial score (nSPS) is 10.7. The van der Waals surface area contributed by atoms with Crippen LogP contribution >= 0.6 is 11.8 Å². The number of ether oxygens (including phenoxy) is 1. The van der Waals surface area contributed by atoms with Crippen LogP contribution in [-0.4, -0.2) is 32.5 Å². The van der Waals surface area contributed by atoms with E-state index in [-0.39, 0.29) is 0 Å². The smallest absolute Gasteiger partial charge is 0.214 e. The number of thioether (sulfide) groups is 1. The van der Waals surface area contributed by atoms with Gasteiger partial charge in [-0.3, -0.25) is 0 Å². The molecule has 0 unspecified atom stereocenters. The first kappa shape index (κ1) is 12.7. The van der Waals surface area contributed by atoms with Gasteiger partial charge in [-0.25, -0.2) is 0 Å². The lowest BCUT2D eigenvalue weighted by Crippen LogP contribution is -1.99. The summed E-state index contributed by atoms with van der Waals surface area (Å²) in [5, 5.41) is 16.0. The van der Waals surface area contributed by atoms with Crippen LogP contribution in [-0.2, 0) is 5.75 Å². The molecule has 0 saturated heterocycles. The fourth-order valence-corrected chi connectivity index (χ4v) is 2.39. The highest BCUT2D eigenvalue weighted by Crippen LogP contribution is 2.23. The van der Waals surface area contributed by atoms with E-state index in [1.807, 2.05) is 30.3 Å². The number of tetrazole rings is 1. The molecule has 0 spiro atoms. The lowest BCUT2D eigenvalue weighted by molar-refractivity contribution is 0.395. The third-order valence-electron chi connectivity index (χ3n) is 2.59. The number of methoxy groups -OCH3 is 1. The molecule has 0 saturated carbocycles. The Balaban J connectivity index is 1.78. The molecule has 0 atom stereocenters. The molecule has 0 N–H and O–H groups in total. The van der Waals surface area contributed by atoms with Gasteiger partial charge in [0.1, 0.15) is 11.5 Å². The number of rotatable bonds is 5. The Bertz CT molecular complexity index is 665. The predicted octanol–water partition coefficient (Wildman–Crippen LogP) is 1.95. The van der Waals surface area contributed by atoms with E-state index in [4.69, 9.17) is 9.26 Å². The molecule has 2 aromatic heterocycles. The van der Waals surface area contributed by atoms with Gasteiger partial charge in [0.15, 0.2) is 0 Å². The van der Waals surface area contributed by atoms with Gasteiger partial charge in [-0.05, 0) is 34.7 Å². The number of hydrogen-bond acceptors (Lipinski definition) is 7. The minimum Gasteiger partial charge on any atom is -0.497 e. The maximum Gasteiger partial charge on any atom is 0.214 e. The van der Waals surface area contributed by atoms with Crippen molar-refractivity contribution in [2.45, 2.75) is 10.9 Å². The van der Waals surface area contributed by atoms with Gasteiger partial charge in [0.2, 0.25) is 5.16 Å². The zero-order chi connectivity index (χ0) is 13.8. The molecule has 2 heterocycles. The zero-order valence-electron chi connectivity index (χ0n) is 10.6. The molecule has 0 fully saturated rings. The van der Waals surface area contributed by atoms with Crippen molar-refractivity contribution < 1.29 is 9.26 Å². The van der Waals surface area contributed by atoms with E-state index in [2.05, 4.69) is 20.7 Å². The van der Waals surface area contributed by atoms with Gasteiger partial charge in [0, 0.05) is 6.07 Å². The Labute approximate surface area is 118 Å². The molecule has 20 heavy (non-hydrogen) atoms. The zero-order valence-corrected chi connectivity index (χ0v) is 11.4. The highest BCUT2D eigenvalue weighted by molar-refractivity contribution is 7.98. The number of nitrogens with zero attached hydrogens (tertiary/aromatic N) is 5. The summed E-state index contributed by atoms with van der Waals surface area (Å²) in [6.45, 7) is 0. The van der Waals surface area contributed by atoms with Crippen LogP contribution < -0.4 is 4.74 Å². The number of hydrogen-bond donors (Lipinski definition) is 0. The Morgan fingerprint density at radius 2 is 2.10 bits per heavy atom. The summed E-state index contributed by atoms with van der Waals surface area (Å²) >= 11 is 1.48. The predicted molar refractivity (Wildman–Crippen MR) is 71.8 cm³/mol. The van der Waals surface area contributed by atoms with Crippen LogP contribution in [0.25, 0.3) is 5.69 Å². The summed E-state index contributed by atoms with van der Waals surface area (Å²) < 4.78 is 11.8. The SMILES string of the molecule is COc1ccc(-n2nnnc2SCc2ccno2)cc1. The molecule has 7 nitrogen and oxygen atoms in total. The second-order valence-electron chi connectivity index (χ2n) is 3.84. The fourth-order valence-electron chi connectivity index (χ4n) is 1.61. The summed E-state index contributed by atoms with van der Waals surface area (Å²) in [4.78, 5) is 0. The molecular formula is C12H11N5O2S. The lowest BCUT2D eigenvalue weighted by Gasteiger charge is -2.04. The lowest BCUT2D eigenvalue weighted by atomic mass is 10.3. The molecule has 0 amide bonds. The van der Waals surface area contributed by atoms with Crippen molar-refractivity contribution in [1.82, 2.24) is 25.4 Å². The molecule has 0 aliphatic heterocycles. The van der Waals surface area contributed by atoms with Gasteiger partial charge >= 0.3 is 0 Å². The Hall–Kier alpha value is -2.35. The average Bonchev–Trinajstić information content (AvgIpc) is 3.16. The Morgan fingerprint density at radius 1 is 1.25 bits per heavy atom. The van der Waals surface area contributed by atoms with Crippen LogP contribution in [0.4, 0.5) is 0 Å². The maximum absolute atomic E-state index is 5.13. The van der Waals surface area contributed by atoms with E-state index < -0.39 is 0 Å². The quantitative estimate of drug-likeness (QED) is 0.664. The van der Waals surface area contributed by atoms with E-state index >= 15 is 0 Å². The molecule has 0 bridgehead atoms. The van der Waals surface area contributed by atoms with E-state index in [9.17, 15) is 0 Å². The van der Waals surface area contributed by atoms with Crippen LogP contribution in [0.5, 0.6) is 5.75 Å². The van der Waals surface area contributed by atoms with Crippen LogP contribution in [0.2, 0.25) is 0 Å². The highest BCUT2D eigenvalue weighted by Gasteiger charge is 2.10. The summed E-state index contributed by atoms with van der Waals surface area (Å²) in [7, 11) is 1.63. The van der Waals surface area contributed by atoms with Crippen LogP contribution in [0.3, 0.4) is 0 Å². The van der Waals surface area contributed by atoms with E-state index in [0.717, 1.165) is 17.2 Å². The largest absolute Gasteiger partial charge is 0.497 e. The maximum atomic E-state index is 5.13. The summed E-state index contributed by atoms with van der Waals surface area (Å²) in [6.07, 6.45) is 1.61. The number of aromatic nitrogens is 5. The molecule has 102 valence electrons. The van der Waals surface area contributed by atoms with E-state index in [0.29, 0.717) is 10.9 Å². The highest BCUT2D eigenvalue weighted by atomic mass is 32.2. The minimum atomic E-state index is 0.622. The number of benzene rings is 1. The van der Waals surface area contributed by atoms with Gasteiger partial charge in [0.05, 0.1) is 24.7 Å². The first-order chi connectivity index (χ1) is 9.86. The third-order valence-corrected chi connectivity index (χ3v) is 3.53. The van der Waals surface area contributed by atoms with Gasteiger partial charge in [-0.2, -0.15) is 4.68 Å². The fraction of sp³-hybridized carbons (Fsp3) is 0.167.